The summed E-state index contributed by atoms with van der Waals surface area (Å²) in [5.41, 5.74) is 1.73. The van der Waals surface area contributed by atoms with Gasteiger partial charge in [0.2, 0.25) is 0 Å². The zero-order valence-corrected chi connectivity index (χ0v) is 15.9. The fourth-order valence-electron chi connectivity index (χ4n) is 2.75. The average molecular weight is 394 g/mol. The van der Waals surface area contributed by atoms with Crippen molar-refractivity contribution < 1.29 is 9.15 Å². The van der Waals surface area contributed by atoms with E-state index >= 15 is 0 Å². The van der Waals surface area contributed by atoms with Crippen LogP contribution in [0.3, 0.4) is 0 Å². The molecule has 0 atom stereocenters. The van der Waals surface area contributed by atoms with Crippen LogP contribution in [-0.4, -0.2) is 11.2 Å². The van der Waals surface area contributed by atoms with Crippen LogP contribution in [0.15, 0.2) is 44.3 Å². The first-order chi connectivity index (χ1) is 12.4. The summed E-state index contributed by atoms with van der Waals surface area (Å²) < 4.78 is 11.9. The predicted molar refractivity (Wildman–Crippen MR) is 103 cm³/mol. The zero-order chi connectivity index (χ0) is 18.8. The van der Waals surface area contributed by atoms with E-state index in [1.165, 1.54) is 16.7 Å². The molecule has 0 unspecified atom stereocenters. The van der Waals surface area contributed by atoms with Crippen molar-refractivity contribution in [2.24, 2.45) is 0 Å². The quantitative estimate of drug-likeness (QED) is 0.604. The molecule has 0 bridgehead atoms. The summed E-state index contributed by atoms with van der Waals surface area (Å²) in [5, 5.41) is 0.712. The molecule has 0 saturated carbocycles. The number of benzene rings is 2. The van der Waals surface area contributed by atoms with Crippen molar-refractivity contribution in [3.63, 3.8) is 0 Å². The van der Waals surface area contributed by atoms with Crippen LogP contribution in [0.4, 0.5) is 0 Å². The van der Waals surface area contributed by atoms with Gasteiger partial charge in [-0.1, -0.05) is 35.3 Å². The van der Waals surface area contributed by atoms with Gasteiger partial charge in [0.1, 0.15) is 5.75 Å². The molecule has 2 aromatic carbocycles. The minimum Gasteiger partial charge on any atom is -0.493 e. The Bertz CT molecular complexity index is 1090. The summed E-state index contributed by atoms with van der Waals surface area (Å²) in [7, 11) is 0. The van der Waals surface area contributed by atoms with Gasteiger partial charge in [-0.3, -0.25) is 4.57 Å². The minimum absolute atomic E-state index is 0.178. The molecule has 0 radical (unpaired) electrons. The summed E-state index contributed by atoms with van der Waals surface area (Å²) in [6, 6.07) is 8.92. The maximum Gasteiger partial charge on any atom is 0.422 e. The second-order valence-electron chi connectivity index (χ2n) is 6.06. The molecule has 7 heteroatoms. The number of ether oxygens (including phenoxy) is 1. The number of halogens is 2. The van der Waals surface area contributed by atoms with Gasteiger partial charge in [-0.05, 0) is 49.6 Å². The van der Waals surface area contributed by atoms with Gasteiger partial charge in [-0.25, -0.2) is 9.59 Å². The first-order valence-corrected chi connectivity index (χ1v) is 8.85. The van der Waals surface area contributed by atoms with E-state index in [9.17, 15) is 9.59 Å². The van der Waals surface area contributed by atoms with Crippen molar-refractivity contribution >= 4 is 34.1 Å². The highest BCUT2D eigenvalue weighted by Gasteiger charge is 2.14. The molecule has 1 aromatic heterocycles. The van der Waals surface area contributed by atoms with Crippen LogP contribution in [0.5, 0.6) is 5.75 Å². The predicted octanol–water partition coefficient (Wildman–Crippen LogP) is 4.35. The van der Waals surface area contributed by atoms with E-state index in [0.29, 0.717) is 30.1 Å². The van der Waals surface area contributed by atoms with Gasteiger partial charge < -0.3 is 9.15 Å². The Labute approximate surface area is 159 Å². The lowest BCUT2D eigenvalue weighted by Gasteiger charge is -2.12. The van der Waals surface area contributed by atoms with Crippen molar-refractivity contribution in [3.8, 4) is 5.75 Å². The van der Waals surface area contributed by atoms with Crippen molar-refractivity contribution in [1.82, 2.24) is 4.57 Å². The van der Waals surface area contributed by atoms with Crippen LogP contribution in [0.1, 0.15) is 17.5 Å². The van der Waals surface area contributed by atoms with E-state index in [4.69, 9.17) is 32.4 Å². The Balaban J connectivity index is 1.82. The number of aromatic nitrogens is 1. The molecule has 3 aromatic rings. The molecule has 136 valence electrons. The molecule has 0 spiro atoms. The van der Waals surface area contributed by atoms with Crippen LogP contribution in [0.25, 0.3) is 10.9 Å². The van der Waals surface area contributed by atoms with E-state index in [-0.39, 0.29) is 10.4 Å². The van der Waals surface area contributed by atoms with Crippen molar-refractivity contribution in [2.75, 3.05) is 6.61 Å². The normalized spacial score (nSPS) is 11.1. The van der Waals surface area contributed by atoms with Crippen LogP contribution < -0.4 is 16.1 Å². The fraction of sp³-hybridized carbons (Fsp3) is 0.263. The number of nitrogens with zero attached hydrogens (tertiary/aromatic N) is 1. The SMILES string of the molecule is Cc1ccc(C)c(OCCCn2c(=O)oc(=O)c3cc(Cl)cc(Cl)c32)c1. The van der Waals surface area contributed by atoms with Crippen molar-refractivity contribution in [3.05, 3.63) is 72.5 Å². The third-order valence-electron chi connectivity index (χ3n) is 4.05. The number of aryl methyl sites for hydroxylation is 3. The van der Waals surface area contributed by atoms with E-state index in [0.717, 1.165) is 16.9 Å². The highest BCUT2D eigenvalue weighted by molar-refractivity contribution is 6.38. The third kappa shape index (κ3) is 3.79. The molecule has 0 N–H and O–H groups in total. The van der Waals surface area contributed by atoms with Crippen molar-refractivity contribution in [1.29, 1.82) is 0 Å². The Morgan fingerprint density at radius 3 is 2.65 bits per heavy atom. The van der Waals surface area contributed by atoms with Gasteiger partial charge in [0.15, 0.2) is 0 Å². The van der Waals surface area contributed by atoms with E-state index in [2.05, 4.69) is 0 Å². The molecule has 26 heavy (non-hydrogen) atoms. The largest absolute Gasteiger partial charge is 0.493 e. The first-order valence-electron chi connectivity index (χ1n) is 8.09. The van der Waals surface area contributed by atoms with Gasteiger partial charge in [-0.15, -0.1) is 0 Å². The van der Waals surface area contributed by atoms with Crippen LogP contribution in [-0.2, 0) is 6.54 Å². The first kappa shape index (κ1) is 18.5. The van der Waals surface area contributed by atoms with Gasteiger partial charge in [0.25, 0.3) is 0 Å². The Kier molecular flexibility index (Phi) is 5.39. The van der Waals surface area contributed by atoms with E-state index in [1.54, 1.807) is 0 Å². The lowest BCUT2D eigenvalue weighted by atomic mass is 10.1. The fourth-order valence-corrected chi connectivity index (χ4v) is 3.34. The highest BCUT2D eigenvalue weighted by atomic mass is 35.5. The summed E-state index contributed by atoms with van der Waals surface area (Å²) in [6.07, 6.45) is 0.537. The Hall–Kier alpha value is -2.24. The lowest BCUT2D eigenvalue weighted by molar-refractivity contribution is 0.295. The smallest absolute Gasteiger partial charge is 0.422 e. The van der Waals surface area contributed by atoms with Crippen LogP contribution in [0.2, 0.25) is 10.0 Å². The molecule has 5 nitrogen and oxygen atoms in total. The second kappa shape index (κ2) is 7.56. The Morgan fingerprint density at radius 1 is 1.12 bits per heavy atom. The molecular formula is C19H17Cl2NO4. The number of fused-ring (bicyclic) bond motifs is 1. The number of hydrogen-bond donors (Lipinski definition) is 0. The topological polar surface area (TPSA) is 61.4 Å². The molecule has 0 saturated heterocycles. The van der Waals surface area contributed by atoms with Crippen molar-refractivity contribution in [2.45, 2.75) is 26.8 Å². The number of rotatable bonds is 5. The third-order valence-corrected chi connectivity index (χ3v) is 4.55. The van der Waals surface area contributed by atoms with Gasteiger partial charge in [0, 0.05) is 11.6 Å². The van der Waals surface area contributed by atoms with E-state index < -0.39 is 11.4 Å². The molecule has 0 aliphatic heterocycles. The molecule has 0 fully saturated rings. The molecule has 1 heterocycles. The maximum atomic E-state index is 12.1. The van der Waals surface area contributed by atoms with E-state index in [1.807, 2.05) is 32.0 Å². The molecule has 0 aliphatic carbocycles. The monoisotopic (exact) mass is 393 g/mol. The standard InChI is InChI=1S/C19H17Cl2NO4/c1-11-4-5-12(2)16(8-11)25-7-3-6-22-17-14(18(23)26-19(22)24)9-13(20)10-15(17)21/h4-5,8-10H,3,6-7H2,1-2H3. The van der Waals surface area contributed by atoms with Gasteiger partial charge >= 0.3 is 11.4 Å². The summed E-state index contributed by atoms with van der Waals surface area (Å²) >= 11 is 12.1. The number of hydrogen-bond acceptors (Lipinski definition) is 4. The van der Waals surface area contributed by atoms with Crippen LogP contribution >= 0.6 is 23.2 Å². The van der Waals surface area contributed by atoms with Crippen LogP contribution in [0, 0.1) is 13.8 Å². The molecular weight excluding hydrogens is 377 g/mol. The minimum atomic E-state index is -0.753. The maximum absolute atomic E-state index is 12.1. The molecule has 0 aliphatic rings. The zero-order valence-electron chi connectivity index (χ0n) is 14.3. The average Bonchev–Trinajstić information content (AvgIpc) is 2.57. The molecule has 3 rings (SSSR count). The Morgan fingerprint density at radius 2 is 1.88 bits per heavy atom. The highest BCUT2D eigenvalue weighted by Crippen LogP contribution is 2.25. The second-order valence-corrected chi connectivity index (χ2v) is 6.91. The lowest BCUT2D eigenvalue weighted by Crippen LogP contribution is -2.26. The summed E-state index contributed by atoms with van der Waals surface area (Å²) in [4.78, 5) is 24.0. The van der Waals surface area contributed by atoms with Gasteiger partial charge in [-0.2, -0.15) is 0 Å². The molecule has 0 amide bonds. The summed E-state index contributed by atoms with van der Waals surface area (Å²) in [6.45, 7) is 4.67. The van der Waals surface area contributed by atoms with Gasteiger partial charge in [0.05, 0.1) is 22.5 Å². The summed E-state index contributed by atoms with van der Waals surface area (Å²) in [5.74, 6) is 0.0603.